The van der Waals surface area contributed by atoms with Gasteiger partial charge in [-0.15, -0.1) is 0 Å². The molecule has 0 bridgehead atoms. The molecule has 0 saturated heterocycles. The fraction of sp³-hybridized carbons (Fsp3) is 0.167. The molecule has 0 fully saturated rings. The summed E-state index contributed by atoms with van der Waals surface area (Å²) in [6.45, 7) is 3.35. The standard InChI is InChI=1S/C18H18N2O4/c1-18(2,20-15-5-3-4-14(19)9-15)16(22)12-6-11(10-21)7-13(8-12)17(23)24/h3-10,20H,19H2,1-2H3,(H,23,24). The zero-order valence-corrected chi connectivity index (χ0v) is 13.4. The second kappa shape index (κ2) is 6.54. The lowest BCUT2D eigenvalue weighted by Gasteiger charge is -2.26. The third kappa shape index (κ3) is 3.78. The highest BCUT2D eigenvalue weighted by Crippen LogP contribution is 2.22. The second-order valence-corrected chi connectivity index (χ2v) is 5.97. The van der Waals surface area contributed by atoms with E-state index in [1.807, 2.05) is 0 Å². The van der Waals surface area contributed by atoms with E-state index in [4.69, 9.17) is 10.8 Å². The van der Waals surface area contributed by atoms with Crippen molar-refractivity contribution in [3.63, 3.8) is 0 Å². The van der Waals surface area contributed by atoms with Gasteiger partial charge in [0.25, 0.3) is 0 Å². The summed E-state index contributed by atoms with van der Waals surface area (Å²) in [5.74, 6) is -1.54. The maximum absolute atomic E-state index is 12.8. The Labute approximate surface area is 139 Å². The van der Waals surface area contributed by atoms with E-state index in [1.165, 1.54) is 18.2 Å². The number of carbonyl (C=O) groups excluding carboxylic acids is 2. The summed E-state index contributed by atoms with van der Waals surface area (Å²) in [6.07, 6.45) is 0.515. The van der Waals surface area contributed by atoms with Crippen molar-refractivity contribution in [3.8, 4) is 0 Å². The van der Waals surface area contributed by atoms with Crippen LogP contribution in [-0.2, 0) is 0 Å². The number of rotatable bonds is 6. The van der Waals surface area contributed by atoms with Crippen LogP contribution in [0.4, 0.5) is 11.4 Å². The van der Waals surface area contributed by atoms with Crippen molar-refractivity contribution in [3.05, 3.63) is 59.2 Å². The van der Waals surface area contributed by atoms with Crippen LogP contribution in [0.5, 0.6) is 0 Å². The Morgan fingerprint density at radius 1 is 1.12 bits per heavy atom. The van der Waals surface area contributed by atoms with Gasteiger partial charge in [-0.2, -0.15) is 0 Å². The van der Waals surface area contributed by atoms with E-state index >= 15 is 0 Å². The monoisotopic (exact) mass is 326 g/mol. The number of carboxylic acids is 1. The van der Waals surface area contributed by atoms with Crippen LogP contribution in [0.15, 0.2) is 42.5 Å². The maximum atomic E-state index is 12.8. The third-order valence-electron chi connectivity index (χ3n) is 3.51. The summed E-state index contributed by atoms with van der Waals surface area (Å²) in [7, 11) is 0. The molecule has 0 atom stereocenters. The summed E-state index contributed by atoms with van der Waals surface area (Å²) in [4.78, 5) is 35.0. The Morgan fingerprint density at radius 3 is 2.38 bits per heavy atom. The molecule has 0 unspecified atom stereocenters. The maximum Gasteiger partial charge on any atom is 0.335 e. The van der Waals surface area contributed by atoms with Crippen molar-refractivity contribution in [1.82, 2.24) is 0 Å². The minimum atomic E-state index is -1.20. The van der Waals surface area contributed by atoms with E-state index in [-0.39, 0.29) is 22.5 Å². The van der Waals surface area contributed by atoms with Crippen molar-refractivity contribution < 1.29 is 19.5 Å². The highest BCUT2D eigenvalue weighted by Gasteiger charge is 2.29. The molecule has 0 aliphatic heterocycles. The number of aromatic carboxylic acids is 1. The number of anilines is 2. The van der Waals surface area contributed by atoms with E-state index in [0.717, 1.165) is 0 Å². The Kier molecular flexibility index (Phi) is 4.69. The molecule has 0 spiro atoms. The van der Waals surface area contributed by atoms with Crippen LogP contribution in [0.1, 0.15) is 44.9 Å². The second-order valence-electron chi connectivity index (χ2n) is 5.97. The summed E-state index contributed by atoms with van der Waals surface area (Å²) >= 11 is 0. The van der Waals surface area contributed by atoms with E-state index in [1.54, 1.807) is 38.1 Å². The first-order valence-electron chi connectivity index (χ1n) is 7.25. The van der Waals surface area contributed by atoms with Crippen molar-refractivity contribution in [2.24, 2.45) is 0 Å². The van der Waals surface area contributed by atoms with Gasteiger partial charge in [-0.05, 0) is 50.2 Å². The molecule has 6 heteroatoms. The fourth-order valence-electron chi connectivity index (χ4n) is 2.37. The number of carbonyl (C=O) groups is 3. The zero-order chi connectivity index (χ0) is 17.9. The minimum Gasteiger partial charge on any atom is -0.478 e. The van der Waals surface area contributed by atoms with Gasteiger partial charge < -0.3 is 16.2 Å². The number of nitrogens with two attached hydrogens (primary N) is 1. The number of hydrogen-bond acceptors (Lipinski definition) is 5. The third-order valence-corrected chi connectivity index (χ3v) is 3.51. The molecule has 0 aliphatic rings. The number of carboxylic acid groups (broad SMARTS) is 1. The average Bonchev–Trinajstić information content (AvgIpc) is 2.53. The molecule has 0 amide bonds. The van der Waals surface area contributed by atoms with Gasteiger partial charge in [-0.1, -0.05) is 6.07 Å². The molecule has 0 radical (unpaired) electrons. The van der Waals surface area contributed by atoms with Crippen LogP contribution in [-0.4, -0.2) is 28.7 Å². The largest absolute Gasteiger partial charge is 0.478 e. The van der Waals surface area contributed by atoms with Gasteiger partial charge in [0, 0.05) is 22.5 Å². The molecule has 2 rings (SSSR count). The topological polar surface area (TPSA) is 109 Å². The van der Waals surface area contributed by atoms with Crippen LogP contribution in [0, 0.1) is 0 Å². The van der Waals surface area contributed by atoms with Crippen molar-refractivity contribution >= 4 is 29.4 Å². The van der Waals surface area contributed by atoms with Crippen LogP contribution < -0.4 is 11.1 Å². The van der Waals surface area contributed by atoms with Crippen molar-refractivity contribution in [1.29, 1.82) is 0 Å². The van der Waals surface area contributed by atoms with Crippen LogP contribution in [0.3, 0.4) is 0 Å². The lowest BCUT2D eigenvalue weighted by molar-refractivity contribution is 0.0697. The lowest BCUT2D eigenvalue weighted by atomic mass is 9.90. The van der Waals surface area contributed by atoms with E-state index in [2.05, 4.69) is 5.32 Å². The Morgan fingerprint density at radius 2 is 1.79 bits per heavy atom. The number of Topliss-reactive ketones (excluding diaryl/α,β-unsaturated/α-hetero) is 1. The first kappa shape index (κ1) is 17.2. The van der Waals surface area contributed by atoms with Gasteiger partial charge in [0.1, 0.15) is 6.29 Å². The Balaban J connectivity index is 2.37. The summed E-state index contributed by atoms with van der Waals surface area (Å²) in [5, 5.41) is 12.2. The van der Waals surface area contributed by atoms with Gasteiger partial charge in [0.05, 0.1) is 11.1 Å². The average molecular weight is 326 g/mol. The molecule has 2 aromatic carbocycles. The Bertz CT molecular complexity index is 812. The molecule has 24 heavy (non-hydrogen) atoms. The van der Waals surface area contributed by atoms with Gasteiger partial charge in [0.2, 0.25) is 0 Å². The first-order chi connectivity index (χ1) is 11.2. The number of ketones is 1. The van der Waals surface area contributed by atoms with Gasteiger partial charge in [-0.25, -0.2) is 4.79 Å². The summed E-state index contributed by atoms with van der Waals surface area (Å²) in [6, 6.07) is 10.8. The first-order valence-corrected chi connectivity index (χ1v) is 7.25. The predicted molar refractivity (Wildman–Crippen MR) is 91.7 cm³/mol. The molecule has 0 heterocycles. The van der Waals surface area contributed by atoms with E-state index in [0.29, 0.717) is 17.7 Å². The summed E-state index contributed by atoms with van der Waals surface area (Å²) in [5.41, 5.74) is 6.10. The molecule has 0 aliphatic carbocycles. The number of hydrogen-bond donors (Lipinski definition) is 3. The Hall–Kier alpha value is -3.15. The molecular formula is C18H18N2O4. The molecule has 6 nitrogen and oxygen atoms in total. The van der Waals surface area contributed by atoms with Crippen LogP contribution in [0.25, 0.3) is 0 Å². The number of benzene rings is 2. The quantitative estimate of drug-likeness (QED) is 0.428. The predicted octanol–water partition coefficient (Wildman–Crippen LogP) is 2.85. The molecular weight excluding hydrogens is 308 g/mol. The van der Waals surface area contributed by atoms with Crippen LogP contribution >= 0.6 is 0 Å². The highest BCUT2D eigenvalue weighted by molar-refractivity contribution is 6.06. The molecule has 0 aromatic heterocycles. The van der Waals surface area contributed by atoms with Crippen LogP contribution in [0.2, 0.25) is 0 Å². The number of nitrogens with one attached hydrogen (secondary N) is 1. The zero-order valence-electron chi connectivity index (χ0n) is 13.4. The molecule has 4 N–H and O–H groups in total. The summed E-state index contributed by atoms with van der Waals surface area (Å²) < 4.78 is 0. The van der Waals surface area contributed by atoms with Crippen molar-refractivity contribution in [2.45, 2.75) is 19.4 Å². The number of aldehydes is 1. The fourth-order valence-corrected chi connectivity index (χ4v) is 2.37. The normalized spacial score (nSPS) is 10.9. The molecule has 2 aromatic rings. The van der Waals surface area contributed by atoms with Gasteiger partial charge >= 0.3 is 5.97 Å². The molecule has 0 saturated carbocycles. The smallest absolute Gasteiger partial charge is 0.335 e. The lowest BCUT2D eigenvalue weighted by Crippen LogP contribution is -2.40. The van der Waals surface area contributed by atoms with Gasteiger partial charge in [0.15, 0.2) is 5.78 Å². The highest BCUT2D eigenvalue weighted by atomic mass is 16.4. The SMILES string of the molecule is CC(C)(Nc1cccc(N)c1)C(=O)c1cc(C=O)cc(C(=O)O)c1. The van der Waals surface area contributed by atoms with E-state index < -0.39 is 11.5 Å². The number of nitrogen functional groups attached to an aromatic ring is 1. The van der Waals surface area contributed by atoms with Crippen molar-refractivity contribution in [2.75, 3.05) is 11.1 Å². The molecule has 124 valence electrons. The van der Waals surface area contributed by atoms with Gasteiger partial charge in [-0.3, -0.25) is 9.59 Å². The van der Waals surface area contributed by atoms with E-state index in [9.17, 15) is 14.4 Å². The minimum absolute atomic E-state index is 0.109.